The van der Waals surface area contributed by atoms with Crippen molar-refractivity contribution in [2.45, 2.75) is 60.4 Å². The summed E-state index contributed by atoms with van der Waals surface area (Å²) in [6.07, 6.45) is 2.52. The smallest absolute Gasteiger partial charge is 0.269 e. The molecule has 1 aromatic carbocycles. The zero-order chi connectivity index (χ0) is 18.8. The van der Waals surface area contributed by atoms with Gasteiger partial charge in [0.15, 0.2) is 0 Å². The minimum atomic E-state index is -0.414. The number of carbonyl (C=O) groups is 1. The Kier molecular flexibility index (Phi) is 17.6. The summed E-state index contributed by atoms with van der Waals surface area (Å²) in [6, 6.07) is 6.43. The fraction of sp³-hybridized carbons (Fsp3) is 0.611. The predicted octanol–water partition coefficient (Wildman–Crippen LogP) is 4.04. The van der Waals surface area contributed by atoms with Crippen molar-refractivity contribution in [2.75, 3.05) is 13.1 Å². The molecule has 1 rings (SSSR count). The molecule has 0 spiro atoms. The molecule has 0 aromatic heterocycles. The summed E-state index contributed by atoms with van der Waals surface area (Å²) in [5.41, 5.74) is 1.07. The molecule has 138 valence electrons. The number of carbonyl (C=O) groups excluding carboxylic acids is 1. The van der Waals surface area contributed by atoms with Crippen LogP contribution in [0.5, 0.6) is 0 Å². The predicted molar refractivity (Wildman–Crippen MR) is 100 cm³/mol. The zero-order valence-electron chi connectivity index (χ0n) is 15.7. The molecule has 0 aliphatic heterocycles. The number of rotatable bonds is 9. The molecular formula is C18H33N3O3. The van der Waals surface area contributed by atoms with E-state index in [0.717, 1.165) is 18.4 Å². The molecule has 0 aliphatic carbocycles. The van der Waals surface area contributed by atoms with Crippen molar-refractivity contribution in [3.63, 3.8) is 0 Å². The monoisotopic (exact) mass is 339 g/mol. The number of hydrogen-bond acceptors (Lipinski definition) is 4. The molecule has 1 aromatic rings. The van der Waals surface area contributed by atoms with Crippen LogP contribution in [0.2, 0.25) is 0 Å². The lowest BCUT2D eigenvalue weighted by Crippen LogP contribution is -2.31. The first-order valence-electron chi connectivity index (χ1n) is 8.84. The highest BCUT2D eigenvalue weighted by molar-refractivity contribution is 5.75. The molecule has 6 nitrogen and oxygen atoms in total. The largest absolute Gasteiger partial charge is 0.355 e. The van der Waals surface area contributed by atoms with Crippen LogP contribution in [0, 0.1) is 10.1 Å². The molecule has 1 amide bonds. The molecule has 2 N–H and O–H groups in total. The molecule has 0 bridgehead atoms. The van der Waals surface area contributed by atoms with E-state index in [1.54, 1.807) is 12.1 Å². The van der Waals surface area contributed by atoms with Crippen molar-refractivity contribution in [3.8, 4) is 0 Å². The van der Waals surface area contributed by atoms with Crippen LogP contribution in [0.1, 0.15) is 59.4 Å². The van der Waals surface area contributed by atoms with Crippen LogP contribution in [0.25, 0.3) is 0 Å². The fourth-order valence-electron chi connectivity index (χ4n) is 1.68. The molecule has 0 unspecified atom stereocenters. The second-order valence-electron chi connectivity index (χ2n) is 4.55. The molecule has 0 radical (unpaired) electrons. The Balaban J connectivity index is 0. The van der Waals surface area contributed by atoms with E-state index in [2.05, 4.69) is 17.6 Å². The standard InChI is InChI=1S/C14H21N3O3.2C2H6/c1-2-3-4-14(18)16-10-9-15-11-12-5-7-13(8-6-12)17(19)20;2*1-2/h5-8,15H,2-4,9-11H2,1H3,(H,16,18);2*1-2H3. The number of benzene rings is 1. The van der Waals surface area contributed by atoms with Gasteiger partial charge in [0.05, 0.1) is 4.92 Å². The second-order valence-corrected chi connectivity index (χ2v) is 4.55. The van der Waals surface area contributed by atoms with Gasteiger partial charge < -0.3 is 10.6 Å². The Bertz CT molecular complexity index is 434. The van der Waals surface area contributed by atoms with E-state index in [9.17, 15) is 14.9 Å². The van der Waals surface area contributed by atoms with E-state index < -0.39 is 4.92 Å². The van der Waals surface area contributed by atoms with Crippen LogP contribution in [0.4, 0.5) is 5.69 Å². The van der Waals surface area contributed by atoms with E-state index >= 15 is 0 Å². The van der Waals surface area contributed by atoms with Gasteiger partial charge in [0.25, 0.3) is 5.69 Å². The maximum Gasteiger partial charge on any atom is 0.269 e. The molecule has 0 aliphatic rings. The molecule has 0 heterocycles. The van der Waals surface area contributed by atoms with Gasteiger partial charge in [-0.2, -0.15) is 0 Å². The van der Waals surface area contributed by atoms with Crippen LogP contribution < -0.4 is 10.6 Å². The number of nitro groups is 1. The van der Waals surface area contributed by atoms with E-state index in [0.29, 0.717) is 26.1 Å². The van der Waals surface area contributed by atoms with Crippen molar-refractivity contribution >= 4 is 11.6 Å². The number of unbranched alkanes of at least 4 members (excludes halogenated alkanes) is 1. The number of nitro benzene ring substituents is 1. The molecule has 24 heavy (non-hydrogen) atoms. The third kappa shape index (κ3) is 12.6. The maximum absolute atomic E-state index is 11.3. The molecular weight excluding hydrogens is 306 g/mol. The van der Waals surface area contributed by atoms with E-state index in [1.165, 1.54) is 12.1 Å². The summed E-state index contributed by atoms with van der Waals surface area (Å²) < 4.78 is 0. The molecule has 0 saturated heterocycles. The summed E-state index contributed by atoms with van der Waals surface area (Å²) in [4.78, 5) is 21.4. The van der Waals surface area contributed by atoms with Gasteiger partial charge in [-0.1, -0.05) is 53.2 Å². The zero-order valence-corrected chi connectivity index (χ0v) is 15.7. The van der Waals surface area contributed by atoms with Gasteiger partial charge in [-0.05, 0) is 12.0 Å². The lowest BCUT2D eigenvalue weighted by molar-refractivity contribution is -0.384. The Labute approximate surface area is 146 Å². The summed E-state index contributed by atoms with van der Waals surface area (Å²) in [6.45, 7) is 12.0. The quantitative estimate of drug-likeness (QED) is 0.404. The van der Waals surface area contributed by atoms with E-state index in [-0.39, 0.29) is 11.6 Å². The highest BCUT2D eigenvalue weighted by Crippen LogP contribution is 2.11. The van der Waals surface area contributed by atoms with Gasteiger partial charge in [0.2, 0.25) is 5.91 Å². The Morgan fingerprint density at radius 1 is 1.08 bits per heavy atom. The van der Waals surface area contributed by atoms with Crippen molar-refractivity contribution < 1.29 is 9.72 Å². The minimum absolute atomic E-state index is 0.0870. The highest BCUT2D eigenvalue weighted by Gasteiger charge is 2.03. The van der Waals surface area contributed by atoms with Crippen LogP contribution in [-0.2, 0) is 11.3 Å². The van der Waals surface area contributed by atoms with E-state index in [4.69, 9.17) is 0 Å². The van der Waals surface area contributed by atoms with Crippen molar-refractivity contribution in [3.05, 3.63) is 39.9 Å². The fourth-order valence-corrected chi connectivity index (χ4v) is 1.68. The molecule has 6 heteroatoms. The Morgan fingerprint density at radius 2 is 1.67 bits per heavy atom. The SMILES string of the molecule is CC.CC.CCCCC(=O)NCCNCc1ccc([N+](=O)[O-])cc1. The number of nitrogens with one attached hydrogen (secondary N) is 2. The Hall–Kier alpha value is -1.95. The summed E-state index contributed by atoms with van der Waals surface area (Å²) in [5.74, 6) is 0.0870. The highest BCUT2D eigenvalue weighted by atomic mass is 16.6. The average Bonchev–Trinajstić information content (AvgIpc) is 2.63. The van der Waals surface area contributed by atoms with Gasteiger partial charge in [-0.25, -0.2) is 0 Å². The average molecular weight is 339 g/mol. The number of non-ortho nitro benzene ring substituents is 1. The van der Waals surface area contributed by atoms with Gasteiger partial charge >= 0.3 is 0 Å². The minimum Gasteiger partial charge on any atom is -0.355 e. The van der Waals surface area contributed by atoms with Gasteiger partial charge in [0, 0.05) is 38.2 Å². The van der Waals surface area contributed by atoms with Crippen LogP contribution in [-0.4, -0.2) is 23.9 Å². The summed E-state index contributed by atoms with van der Waals surface area (Å²) in [5, 5.41) is 16.5. The third-order valence-electron chi connectivity index (χ3n) is 2.86. The van der Waals surface area contributed by atoms with Gasteiger partial charge in [-0.3, -0.25) is 14.9 Å². The van der Waals surface area contributed by atoms with Crippen LogP contribution in [0.3, 0.4) is 0 Å². The maximum atomic E-state index is 11.3. The number of nitrogens with zero attached hydrogens (tertiary/aromatic N) is 1. The van der Waals surface area contributed by atoms with Crippen molar-refractivity contribution in [2.24, 2.45) is 0 Å². The van der Waals surface area contributed by atoms with E-state index in [1.807, 2.05) is 27.7 Å². The second kappa shape index (κ2) is 17.4. The number of amides is 1. The van der Waals surface area contributed by atoms with Crippen molar-refractivity contribution in [1.29, 1.82) is 0 Å². The Morgan fingerprint density at radius 3 is 2.17 bits per heavy atom. The summed E-state index contributed by atoms with van der Waals surface area (Å²) in [7, 11) is 0. The normalized spacial score (nSPS) is 9.04. The van der Waals surface area contributed by atoms with Crippen LogP contribution in [0.15, 0.2) is 24.3 Å². The number of hydrogen-bond donors (Lipinski definition) is 2. The first kappa shape index (κ1) is 24.3. The topological polar surface area (TPSA) is 84.3 Å². The lowest BCUT2D eigenvalue weighted by Gasteiger charge is -2.06. The van der Waals surface area contributed by atoms with Crippen molar-refractivity contribution in [1.82, 2.24) is 10.6 Å². The van der Waals surface area contributed by atoms with Crippen LogP contribution >= 0.6 is 0 Å². The lowest BCUT2D eigenvalue weighted by atomic mass is 10.2. The molecule has 0 fully saturated rings. The first-order valence-corrected chi connectivity index (χ1v) is 8.84. The van der Waals surface area contributed by atoms with Gasteiger partial charge in [0.1, 0.15) is 0 Å². The summed E-state index contributed by atoms with van der Waals surface area (Å²) >= 11 is 0. The van der Waals surface area contributed by atoms with Gasteiger partial charge in [-0.15, -0.1) is 0 Å². The first-order chi connectivity index (χ1) is 11.6. The molecule has 0 saturated carbocycles. The third-order valence-corrected chi connectivity index (χ3v) is 2.86. The molecule has 0 atom stereocenters.